The van der Waals surface area contributed by atoms with Crippen LogP contribution < -0.4 is 5.32 Å². The Kier molecular flexibility index (Phi) is 2.96. The van der Waals surface area contributed by atoms with Gasteiger partial charge in [0.15, 0.2) is 0 Å². The molecule has 0 saturated heterocycles. The van der Waals surface area contributed by atoms with Crippen LogP contribution in [0.5, 0.6) is 0 Å². The second-order valence-corrected chi connectivity index (χ2v) is 5.19. The Morgan fingerprint density at radius 3 is 2.56 bits per heavy atom. The molecule has 0 fully saturated rings. The molecule has 0 amide bonds. The van der Waals surface area contributed by atoms with Crippen molar-refractivity contribution in [2.75, 3.05) is 5.32 Å². The molecule has 16 heavy (non-hydrogen) atoms. The van der Waals surface area contributed by atoms with E-state index in [-0.39, 0.29) is 0 Å². The molecule has 0 aliphatic carbocycles. The molecule has 2 rings (SSSR count). The van der Waals surface area contributed by atoms with Crippen LogP contribution in [0.2, 0.25) is 0 Å². The minimum Gasteiger partial charge on any atom is -0.376 e. The summed E-state index contributed by atoms with van der Waals surface area (Å²) in [6.07, 6.45) is 1.99. The Balaban J connectivity index is 2.04. The molecule has 0 radical (unpaired) electrons. The fraction of sp³-hybridized carbons (Fsp3) is 0.455. The van der Waals surface area contributed by atoms with Gasteiger partial charge in [-0.05, 0) is 20.8 Å². The highest BCUT2D eigenvalue weighted by molar-refractivity contribution is 7.11. The van der Waals surface area contributed by atoms with Crippen molar-refractivity contribution in [1.29, 1.82) is 0 Å². The zero-order valence-corrected chi connectivity index (χ0v) is 10.9. The van der Waals surface area contributed by atoms with Gasteiger partial charge in [-0.25, -0.2) is 4.98 Å². The third-order valence-corrected chi connectivity index (χ3v) is 3.59. The first kappa shape index (κ1) is 11.1. The van der Waals surface area contributed by atoms with Crippen LogP contribution in [0.15, 0.2) is 6.20 Å². The second-order valence-electron chi connectivity index (χ2n) is 3.90. The van der Waals surface area contributed by atoms with Gasteiger partial charge < -0.3 is 5.32 Å². The first-order chi connectivity index (χ1) is 7.56. The van der Waals surface area contributed by atoms with E-state index in [1.807, 2.05) is 31.8 Å². The van der Waals surface area contributed by atoms with Crippen molar-refractivity contribution in [2.24, 2.45) is 7.05 Å². The number of rotatable bonds is 3. The molecule has 0 bridgehead atoms. The molecule has 5 heteroatoms. The van der Waals surface area contributed by atoms with E-state index < -0.39 is 0 Å². The van der Waals surface area contributed by atoms with Crippen molar-refractivity contribution in [3.8, 4) is 0 Å². The quantitative estimate of drug-likeness (QED) is 0.890. The number of nitrogens with one attached hydrogen (secondary N) is 1. The number of hydrogen-bond donors (Lipinski definition) is 1. The molecule has 86 valence electrons. The summed E-state index contributed by atoms with van der Waals surface area (Å²) in [6.45, 7) is 6.92. The summed E-state index contributed by atoms with van der Waals surface area (Å²) in [5.41, 5.74) is 3.23. The zero-order valence-electron chi connectivity index (χ0n) is 10.0. The van der Waals surface area contributed by atoms with E-state index in [2.05, 4.69) is 22.3 Å². The summed E-state index contributed by atoms with van der Waals surface area (Å²) in [6, 6.07) is 0. The zero-order chi connectivity index (χ0) is 11.7. The minimum atomic E-state index is 0.770. The topological polar surface area (TPSA) is 42.7 Å². The maximum atomic E-state index is 4.49. The van der Waals surface area contributed by atoms with Gasteiger partial charge in [-0.3, -0.25) is 4.68 Å². The van der Waals surface area contributed by atoms with Crippen molar-refractivity contribution >= 4 is 17.0 Å². The molecule has 1 N–H and O–H groups in total. The normalized spacial score (nSPS) is 10.8. The molecule has 2 aromatic rings. The molecule has 0 aromatic carbocycles. The number of thiazole rings is 1. The molecule has 0 atom stereocenters. The van der Waals surface area contributed by atoms with Crippen molar-refractivity contribution in [3.05, 3.63) is 27.5 Å². The Labute approximate surface area is 99.3 Å². The van der Waals surface area contributed by atoms with E-state index in [0.29, 0.717) is 0 Å². The standard InChI is InChI=1S/C11H16N4S/c1-7-9(3)16-11(13-7)5-12-10-6-15(4)14-8(10)2/h6,12H,5H2,1-4H3. The lowest BCUT2D eigenvalue weighted by atomic mass is 10.4. The molecular weight excluding hydrogens is 220 g/mol. The summed E-state index contributed by atoms with van der Waals surface area (Å²) in [5, 5.41) is 8.76. The molecule has 0 saturated carbocycles. The number of aromatic nitrogens is 3. The molecule has 0 aliphatic heterocycles. The average molecular weight is 236 g/mol. The average Bonchev–Trinajstić information content (AvgIpc) is 2.68. The Bertz CT molecular complexity index is 479. The van der Waals surface area contributed by atoms with E-state index in [4.69, 9.17) is 0 Å². The molecule has 2 heterocycles. The number of aryl methyl sites for hydroxylation is 4. The van der Waals surface area contributed by atoms with Crippen molar-refractivity contribution < 1.29 is 0 Å². The van der Waals surface area contributed by atoms with Crippen LogP contribution in [-0.2, 0) is 13.6 Å². The van der Waals surface area contributed by atoms with Gasteiger partial charge in [-0.15, -0.1) is 11.3 Å². The highest BCUT2D eigenvalue weighted by atomic mass is 32.1. The SMILES string of the molecule is Cc1nn(C)cc1NCc1nc(C)c(C)s1. The van der Waals surface area contributed by atoms with Crippen LogP contribution in [-0.4, -0.2) is 14.8 Å². The molecule has 0 unspecified atom stereocenters. The van der Waals surface area contributed by atoms with Crippen LogP contribution >= 0.6 is 11.3 Å². The summed E-state index contributed by atoms with van der Waals surface area (Å²) < 4.78 is 1.82. The van der Waals surface area contributed by atoms with Crippen LogP contribution in [0.4, 0.5) is 5.69 Å². The van der Waals surface area contributed by atoms with Gasteiger partial charge >= 0.3 is 0 Å². The lowest BCUT2D eigenvalue weighted by Crippen LogP contribution is -1.99. The van der Waals surface area contributed by atoms with E-state index in [9.17, 15) is 0 Å². The summed E-state index contributed by atoms with van der Waals surface area (Å²) in [5.74, 6) is 0. The first-order valence-corrected chi connectivity index (χ1v) is 6.05. The van der Waals surface area contributed by atoms with Crippen LogP contribution in [0.3, 0.4) is 0 Å². The van der Waals surface area contributed by atoms with Crippen LogP contribution in [0.1, 0.15) is 21.3 Å². The predicted molar refractivity (Wildman–Crippen MR) is 66.9 cm³/mol. The second kappa shape index (κ2) is 4.25. The van der Waals surface area contributed by atoms with Crippen molar-refractivity contribution in [3.63, 3.8) is 0 Å². The molecule has 4 nitrogen and oxygen atoms in total. The van der Waals surface area contributed by atoms with E-state index >= 15 is 0 Å². The van der Waals surface area contributed by atoms with Crippen molar-refractivity contribution in [2.45, 2.75) is 27.3 Å². The summed E-state index contributed by atoms with van der Waals surface area (Å²) in [4.78, 5) is 5.78. The van der Waals surface area contributed by atoms with Gasteiger partial charge in [0.05, 0.1) is 23.6 Å². The van der Waals surface area contributed by atoms with Gasteiger partial charge in [-0.1, -0.05) is 0 Å². The van der Waals surface area contributed by atoms with Gasteiger partial charge in [-0.2, -0.15) is 5.10 Å². The Morgan fingerprint density at radius 1 is 1.31 bits per heavy atom. The van der Waals surface area contributed by atoms with Gasteiger partial charge in [0.2, 0.25) is 0 Å². The predicted octanol–water partition coefficient (Wildman–Crippen LogP) is 2.41. The van der Waals surface area contributed by atoms with E-state index in [1.165, 1.54) is 4.88 Å². The molecule has 0 aliphatic rings. The highest BCUT2D eigenvalue weighted by Crippen LogP contribution is 2.18. The third kappa shape index (κ3) is 2.24. The fourth-order valence-corrected chi connectivity index (χ4v) is 2.43. The van der Waals surface area contributed by atoms with Crippen LogP contribution in [0.25, 0.3) is 0 Å². The molecule has 0 spiro atoms. The monoisotopic (exact) mass is 236 g/mol. The van der Waals surface area contributed by atoms with E-state index in [0.717, 1.165) is 28.6 Å². The molecular formula is C11H16N4S. The van der Waals surface area contributed by atoms with Crippen LogP contribution in [0, 0.1) is 20.8 Å². The lowest BCUT2D eigenvalue weighted by Gasteiger charge is -2.00. The van der Waals surface area contributed by atoms with Gasteiger partial charge in [0.25, 0.3) is 0 Å². The minimum absolute atomic E-state index is 0.770. The highest BCUT2D eigenvalue weighted by Gasteiger charge is 2.05. The maximum absolute atomic E-state index is 4.49. The van der Waals surface area contributed by atoms with Crippen molar-refractivity contribution in [1.82, 2.24) is 14.8 Å². The van der Waals surface area contributed by atoms with E-state index in [1.54, 1.807) is 11.3 Å². The Morgan fingerprint density at radius 2 is 2.06 bits per heavy atom. The maximum Gasteiger partial charge on any atom is 0.112 e. The number of anilines is 1. The third-order valence-electron chi connectivity index (χ3n) is 2.52. The smallest absolute Gasteiger partial charge is 0.112 e. The summed E-state index contributed by atoms with van der Waals surface area (Å²) in [7, 11) is 1.93. The Hall–Kier alpha value is -1.36. The van der Waals surface area contributed by atoms with Gasteiger partial charge in [0, 0.05) is 18.1 Å². The van der Waals surface area contributed by atoms with Gasteiger partial charge in [0.1, 0.15) is 5.01 Å². The molecule has 2 aromatic heterocycles. The number of hydrogen-bond acceptors (Lipinski definition) is 4. The largest absolute Gasteiger partial charge is 0.376 e. The first-order valence-electron chi connectivity index (χ1n) is 5.23. The fourth-order valence-electron chi connectivity index (χ4n) is 1.56. The lowest BCUT2D eigenvalue weighted by molar-refractivity contribution is 0.756. The number of nitrogens with zero attached hydrogens (tertiary/aromatic N) is 3. The summed E-state index contributed by atoms with van der Waals surface area (Å²) >= 11 is 1.75.